The van der Waals surface area contributed by atoms with E-state index < -0.39 is 0 Å². The van der Waals surface area contributed by atoms with E-state index in [4.69, 9.17) is 21.7 Å². The van der Waals surface area contributed by atoms with Gasteiger partial charge < -0.3 is 20.1 Å². The lowest BCUT2D eigenvalue weighted by molar-refractivity contribution is 0.284. The molecular formula is C23H24N2O2S. The molecule has 0 bridgehead atoms. The van der Waals surface area contributed by atoms with Gasteiger partial charge in [-0.3, -0.25) is 0 Å². The van der Waals surface area contributed by atoms with E-state index in [1.54, 1.807) is 7.11 Å². The second-order valence-corrected chi connectivity index (χ2v) is 6.79. The third-order valence-corrected chi connectivity index (χ3v) is 4.56. The van der Waals surface area contributed by atoms with Gasteiger partial charge in [0.2, 0.25) is 0 Å². The Kier molecular flexibility index (Phi) is 6.87. The molecule has 0 unspecified atom stereocenters. The molecule has 0 radical (unpaired) electrons. The van der Waals surface area contributed by atoms with Crippen LogP contribution in [0.1, 0.15) is 16.7 Å². The predicted octanol–water partition coefficient (Wildman–Crippen LogP) is 5.07. The second kappa shape index (κ2) is 9.76. The summed E-state index contributed by atoms with van der Waals surface area (Å²) in [5, 5.41) is 7.03. The number of hydrogen-bond donors (Lipinski definition) is 2. The molecule has 0 atom stereocenters. The van der Waals surface area contributed by atoms with Gasteiger partial charge in [-0.1, -0.05) is 54.6 Å². The fourth-order valence-electron chi connectivity index (χ4n) is 2.74. The summed E-state index contributed by atoms with van der Waals surface area (Å²) < 4.78 is 11.4. The molecule has 0 aliphatic carbocycles. The Morgan fingerprint density at radius 1 is 0.893 bits per heavy atom. The number of methoxy groups -OCH3 is 1. The first-order chi connectivity index (χ1) is 13.7. The Morgan fingerprint density at radius 3 is 2.39 bits per heavy atom. The Bertz CT molecular complexity index is 929. The van der Waals surface area contributed by atoms with Crippen molar-refractivity contribution in [2.24, 2.45) is 0 Å². The lowest BCUT2D eigenvalue weighted by atomic mass is 10.2. The first-order valence-corrected chi connectivity index (χ1v) is 9.50. The van der Waals surface area contributed by atoms with Crippen LogP contribution < -0.4 is 20.1 Å². The summed E-state index contributed by atoms with van der Waals surface area (Å²) in [5.41, 5.74) is 4.32. The van der Waals surface area contributed by atoms with Crippen molar-refractivity contribution in [3.63, 3.8) is 0 Å². The van der Waals surface area contributed by atoms with Crippen LogP contribution in [0, 0.1) is 6.92 Å². The Hall–Kier alpha value is -3.05. The number of thiocarbonyl (C=S) groups is 1. The normalized spacial score (nSPS) is 10.2. The van der Waals surface area contributed by atoms with Gasteiger partial charge in [-0.25, -0.2) is 0 Å². The number of rotatable bonds is 7. The van der Waals surface area contributed by atoms with Gasteiger partial charge in [-0.05, 0) is 54.0 Å². The molecule has 3 rings (SSSR count). The van der Waals surface area contributed by atoms with Gasteiger partial charge in [0.05, 0.1) is 7.11 Å². The highest BCUT2D eigenvalue weighted by atomic mass is 32.1. The zero-order chi connectivity index (χ0) is 19.8. The molecule has 0 saturated heterocycles. The summed E-state index contributed by atoms with van der Waals surface area (Å²) in [5.74, 6) is 1.42. The van der Waals surface area contributed by atoms with Crippen LogP contribution in [0.15, 0.2) is 72.8 Å². The average molecular weight is 393 g/mol. The zero-order valence-electron chi connectivity index (χ0n) is 16.1. The fourth-order valence-corrected chi connectivity index (χ4v) is 2.92. The summed E-state index contributed by atoms with van der Waals surface area (Å²) in [6.45, 7) is 3.14. The van der Waals surface area contributed by atoms with Gasteiger partial charge in [0.15, 0.2) is 16.6 Å². The van der Waals surface area contributed by atoms with Gasteiger partial charge in [-0.2, -0.15) is 0 Å². The van der Waals surface area contributed by atoms with E-state index >= 15 is 0 Å². The molecule has 2 N–H and O–H groups in total. The minimum Gasteiger partial charge on any atom is -0.493 e. The third kappa shape index (κ3) is 5.47. The highest BCUT2D eigenvalue weighted by Crippen LogP contribution is 2.28. The summed E-state index contributed by atoms with van der Waals surface area (Å²) >= 11 is 5.40. The molecule has 3 aromatic carbocycles. The molecule has 0 heterocycles. The van der Waals surface area contributed by atoms with Crippen LogP contribution in [-0.2, 0) is 13.2 Å². The number of hydrogen-bond acceptors (Lipinski definition) is 3. The fraction of sp³-hybridized carbons (Fsp3) is 0.174. The zero-order valence-corrected chi connectivity index (χ0v) is 16.9. The number of ether oxygens (including phenoxy) is 2. The summed E-state index contributed by atoms with van der Waals surface area (Å²) in [6, 6.07) is 24.0. The molecule has 0 saturated carbocycles. The van der Waals surface area contributed by atoms with E-state index in [2.05, 4.69) is 10.6 Å². The molecule has 5 heteroatoms. The average Bonchev–Trinajstić information content (AvgIpc) is 2.73. The minimum absolute atomic E-state index is 0.499. The quantitative estimate of drug-likeness (QED) is 0.550. The first-order valence-electron chi connectivity index (χ1n) is 9.10. The molecule has 0 amide bonds. The van der Waals surface area contributed by atoms with Crippen LogP contribution in [0.2, 0.25) is 0 Å². The van der Waals surface area contributed by atoms with Crippen LogP contribution in [0.5, 0.6) is 11.5 Å². The number of para-hydroxylation sites is 1. The molecule has 0 fully saturated rings. The number of anilines is 1. The van der Waals surface area contributed by atoms with Crippen molar-refractivity contribution in [2.75, 3.05) is 12.4 Å². The van der Waals surface area contributed by atoms with E-state index in [1.807, 2.05) is 79.7 Å². The number of benzene rings is 3. The molecule has 0 aliphatic heterocycles. The molecular weight excluding hydrogens is 368 g/mol. The largest absolute Gasteiger partial charge is 0.493 e. The van der Waals surface area contributed by atoms with E-state index in [-0.39, 0.29) is 0 Å². The highest BCUT2D eigenvalue weighted by molar-refractivity contribution is 7.80. The highest BCUT2D eigenvalue weighted by Gasteiger charge is 2.07. The maximum atomic E-state index is 5.90. The lowest BCUT2D eigenvalue weighted by Crippen LogP contribution is -2.28. The first kappa shape index (κ1) is 19.7. The van der Waals surface area contributed by atoms with Crippen LogP contribution in [0.25, 0.3) is 0 Å². The number of nitrogens with one attached hydrogen (secondary N) is 2. The van der Waals surface area contributed by atoms with E-state index in [0.717, 1.165) is 28.1 Å². The molecule has 28 heavy (non-hydrogen) atoms. The van der Waals surface area contributed by atoms with E-state index in [1.165, 1.54) is 0 Å². The van der Waals surface area contributed by atoms with Crippen molar-refractivity contribution in [1.82, 2.24) is 5.32 Å². The van der Waals surface area contributed by atoms with Crippen molar-refractivity contribution < 1.29 is 9.47 Å². The summed E-state index contributed by atoms with van der Waals surface area (Å²) in [6.07, 6.45) is 0. The van der Waals surface area contributed by atoms with Crippen LogP contribution in [-0.4, -0.2) is 12.2 Å². The van der Waals surface area contributed by atoms with Crippen molar-refractivity contribution in [2.45, 2.75) is 20.1 Å². The molecule has 0 aliphatic rings. The standard InChI is InChI=1S/C23H24N2O2S/c1-17-8-6-7-11-20(17)25-23(28)24-15-19-12-13-21(22(14-19)26-2)27-16-18-9-4-3-5-10-18/h3-14H,15-16H2,1-2H3,(H2,24,25,28). The smallest absolute Gasteiger partial charge is 0.171 e. The van der Waals surface area contributed by atoms with Crippen molar-refractivity contribution in [1.29, 1.82) is 0 Å². The van der Waals surface area contributed by atoms with Gasteiger partial charge in [-0.15, -0.1) is 0 Å². The maximum Gasteiger partial charge on any atom is 0.171 e. The van der Waals surface area contributed by atoms with E-state index in [9.17, 15) is 0 Å². The maximum absolute atomic E-state index is 5.90. The third-order valence-electron chi connectivity index (χ3n) is 4.31. The predicted molar refractivity (Wildman–Crippen MR) is 118 cm³/mol. The lowest BCUT2D eigenvalue weighted by Gasteiger charge is -2.14. The second-order valence-electron chi connectivity index (χ2n) is 6.38. The van der Waals surface area contributed by atoms with Gasteiger partial charge in [0.25, 0.3) is 0 Å². The SMILES string of the molecule is COc1cc(CNC(=S)Nc2ccccc2C)ccc1OCc1ccccc1. The molecule has 144 valence electrons. The topological polar surface area (TPSA) is 42.5 Å². The van der Waals surface area contributed by atoms with Gasteiger partial charge >= 0.3 is 0 Å². The monoisotopic (exact) mass is 392 g/mol. The van der Waals surface area contributed by atoms with Crippen molar-refractivity contribution in [3.8, 4) is 11.5 Å². The van der Waals surface area contributed by atoms with E-state index in [0.29, 0.717) is 24.0 Å². The van der Waals surface area contributed by atoms with Crippen molar-refractivity contribution in [3.05, 3.63) is 89.5 Å². The minimum atomic E-state index is 0.499. The van der Waals surface area contributed by atoms with Crippen LogP contribution >= 0.6 is 12.2 Å². The Morgan fingerprint density at radius 2 is 1.64 bits per heavy atom. The molecule has 4 nitrogen and oxygen atoms in total. The van der Waals surface area contributed by atoms with Crippen LogP contribution in [0.4, 0.5) is 5.69 Å². The molecule has 0 spiro atoms. The summed E-state index contributed by atoms with van der Waals surface area (Å²) in [7, 11) is 1.65. The van der Waals surface area contributed by atoms with Crippen LogP contribution in [0.3, 0.4) is 0 Å². The summed E-state index contributed by atoms with van der Waals surface area (Å²) in [4.78, 5) is 0. The molecule has 3 aromatic rings. The number of aryl methyl sites for hydroxylation is 1. The molecule has 0 aromatic heterocycles. The van der Waals surface area contributed by atoms with Gasteiger partial charge in [0, 0.05) is 12.2 Å². The van der Waals surface area contributed by atoms with Gasteiger partial charge in [0.1, 0.15) is 6.61 Å². The Labute approximate surface area is 171 Å². The Balaban J connectivity index is 1.57. The van der Waals surface area contributed by atoms with Crippen molar-refractivity contribution >= 4 is 23.0 Å².